The quantitative estimate of drug-likeness (QED) is 0.459. The molecule has 2 aliphatic carbocycles. The second-order valence-electron chi connectivity index (χ2n) is 7.56. The van der Waals surface area contributed by atoms with E-state index in [9.17, 15) is 18.0 Å². The fourth-order valence-electron chi connectivity index (χ4n) is 4.20. The van der Waals surface area contributed by atoms with E-state index < -0.39 is 11.9 Å². The summed E-state index contributed by atoms with van der Waals surface area (Å²) in [6.07, 6.45) is -0.0212. The van der Waals surface area contributed by atoms with Crippen LogP contribution in [-0.4, -0.2) is 27.7 Å². The van der Waals surface area contributed by atoms with Crippen LogP contribution in [-0.2, 0) is 11.0 Å². The van der Waals surface area contributed by atoms with Gasteiger partial charge in [0.05, 0.1) is 11.4 Å². The van der Waals surface area contributed by atoms with Gasteiger partial charge in [0.1, 0.15) is 5.69 Å². The molecule has 2 aromatic rings. The second kappa shape index (κ2) is 8.26. The van der Waals surface area contributed by atoms with E-state index in [1.54, 1.807) is 24.3 Å². The van der Waals surface area contributed by atoms with Crippen LogP contribution in [0.4, 0.5) is 13.2 Å². The Labute approximate surface area is 179 Å². The predicted molar refractivity (Wildman–Crippen MR) is 108 cm³/mol. The van der Waals surface area contributed by atoms with Gasteiger partial charge in [-0.15, -0.1) is 0 Å². The van der Waals surface area contributed by atoms with E-state index in [2.05, 4.69) is 31.2 Å². The minimum atomic E-state index is -4.59. The van der Waals surface area contributed by atoms with Crippen LogP contribution in [0.2, 0.25) is 0 Å². The number of nitrogens with zero attached hydrogens (tertiary/aromatic N) is 2. The molecule has 4 rings (SSSR count). The smallest absolute Gasteiger partial charge is 0.352 e. The predicted octanol–water partition coefficient (Wildman–Crippen LogP) is 5.32. The van der Waals surface area contributed by atoms with Gasteiger partial charge < -0.3 is 5.32 Å². The van der Waals surface area contributed by atoms with E-state index in [0.29, 0.717) is 17.4 Å². The zero-order valence-corrected chi connectivity index (χ0v) is 17.8. The number of hydrogen-bond acceptors (Lipinski definition) is 4. The van der Waals surface area contributed by atoms with Crippen molar-refractivity contribution in [3.63, 3.8) is 0 Å². The Kier molecular flexibility index (Phi) is 5.88. The third kappa shape index (κ3) is 4.94. The molecule has 154 valence electrons. The fraction of sp³-hybridized carbons (Fsp3) is 0.450. The molecule has 4 nitrogen and oxygen atoms in total. The lowest BCUT2D eigenvalue weighted by molar-refractivity contribution is -0.141. The number of fused-ring (bicyclic) bond motifs is 2. The summed E-state index contributed by atoms with van der Waals surface area (Å²) in [6.45, 7) is 0. The third-order valence-corrected chi connectivity index (χ3v) is 6.93. The number of nitrogens with one attached hydrogen (secondary N) is 1. The first-order valence-corrected chi connectivity index (χ1v) is 11.2. The monoisotopic (exact) mass is 485 g/mol. The number of aromatic nitrogens is 2. The normalized spacial score (nSPS) is 23.4. The lowest BCUT2D eigenvalue weighted by Gasteiger charge is -2.22. The van der Waals surface area contributed by atoms with Crippen molar-refractivity contribution < 1.29 is 18.0 Å². The number of amides is 1. The summed E-state index contributed by atoms with van der Waals surface area (Å²) in [7, 11) is 0. The molecular weight excluding hydrogens is 467 g/mol. The van der Waals surface area contributed by atoms with Crippen LogP contribution < -0.4 is 5.32 Å². The molecule has 0 saturated heterocycles. The van der Waals surface area contributed by atoms with Crippen molar-refractivity contribution in [1.29, 1.82) is 0 Å². The SMILES string of the molecule is O=C(CSc1nc(-c2ccc(Br)cc2)cc(C(F)(F)F)n1)N[C@H]1C[C@H]2CC[C@H]1C2. The van der Waals surface area contributed by atoms with Crippen molar-refractivity contribution >= 4 is 33.6 Å². The minimum absolute atomic E-state index is 0.00499. The van der Waals surface area contributed by atoms with Crippen molar-refractivity contribution in [1.82, 2.24) is 15.3 Å². The Balaban J connectivity index is 1.47. The van der Waals surface area contributed by atoms with Gasteiger partial charge in [-0.25, -0.2) is 9.97 Å². The van der Waals surface area contributed by atoms with Crippen LogP contribution in [0, 0.1) is 11.8 Å². The zero-order chi connectivity index (χ0) is 20.6. The number of carbonyl (C=O) groups excluding carboxylic acids is 1. The molecule has 9 heteroatoms. The molecule has 1 aromatic heterocycles. The number of alkyl halides is 3. The van der Waals surface area contributed by atoms with Crippen LogP contribution in [0.3, 0.4) is 0 Å². The topological polar surface area (TPSA) is 54.9 Å². The first-order chi connectivity index (χ1) is 13.8. The Hall–Kier alpha value is -1.61. The molecule has 0 spiro atoms. The van der Waals surface area contributed by atoms with E-state index in [1.165, 1.54) is 12.8 Å². The fourth-order valence-corrected chi connectivity index (χ4v) is 5.14. The second-order valence-corrected chi connectivity index (χ2v) is 9.42. The number of hydrogen-bond donors (Lipinski definition) is 1. The highest BCUT2D eigenvalue weighted by atomic mass is 79.9. The Morgan fingerprint density at radius 2 is 1.93 bits per heavy atom. The summed E-state index contributed by atoms with van der Waals surface area (Å²) >= 11 is 4.24. The first-order valence-electron chi connectivity index (χ1n) is 9.42. The maximum absolute atomic E-state index is 13.3. The van der Waals surface area contributed by atoms with Crippen molar-refractivity contribution in [2.24, 2.45) is 11.8 Å². The molecule has 2 bridgehead atoms. The van der Waals surface area contributed by atoms with E-state index in [-0.39, 0.29) is 28.6 Å². The maximum atomic E-state index is 13.3. The van der Waals surface area contributed by atoms with Crippen molar-refractivity contribution in [3.8, 4) is 11.3 Å². The van der Waals surface area contributed by atoms with Gasteiger partial charge in [0.15, 0.2) is 5.16 Å². The van der Waals surface area contributed by atoms with Crippen molar-refractivity contribution in [2.45, 2.75) is 43.1 Å². The molecule has 1 heterocycles. The molecule has 1 amide bonds. The summed E-state index contributed by atoms with van der Waals surface area (Å²) in [5.74, 6) is 1.06. The Morgan fingerprint density at radius 3 is 2.55 bits per heavy atom. The third-order valence-electron chi connectivity index (χ3n) is 5.55. The molecule has 2 saturated carbocycles. The molecule has 29 heavy (non-hydrogen) atoms. The van der Waals surface area contributed by atoms with Crippen LogP contribution in [0.15, 0.2) is 40.0 Å². The van der Waals surface area contributed by atoms with Crippen LogP contribution in [0.5, 0.6) is 0 Å². The van der Waals surface area contributed by atoms with E-state index in [1.807, 2.05) is 0 Å². The van der Waals surface area contributed by atoms with Crippen LogP contribution >= 0.6 is 27.7 Å². The molecule has 0 aliphatic heterocycles. The summed E-state index contributed by atoms with van der Waals surface area (Å²) in [4.78, 5) is 20.2. The molecule has 0 unspecified atom stereocenters. The van der Waals surface area contributed by atoms with Crippen LogP contribution in [0.1, 0.15) is 31.4 Å². The number of thioether (sulfide) groups is 1. The maximum Gasteiger partial charge on any atom is 0.433 e. The highest BCUT2D eigenvalue weighted by molar-refractivity contribution is 9.10. The van der Waals surface area contributed by atoms with Gasteiger partial charge in [-0.1, -0.05) is 46.2 Å². The van der Waals surface area contributed by atoms with Crippen molar-refractivity contribution in [2.75, 3.05) is 5.75 Å². The Bertz CT molecular complexity index is 907. The lowest BCUT2D eigenvalue weighted by atomic mass is 9.95. The van der Waals surface area contributed by atoms with Gasteiger partial charge in [0, 0.05) is 16.1 Å². The van der Waals surface area contributed by atoms with Gasteiger partial charge in [-0.05, 0) is 49.3 Å². The van der Waals surface area contributed by atoms with Gasteiger partial charge in [0.25, 0.3) is 0 Å². The molecule has 0 radical (unpaired) electrons. The van der Waals surface area contributed by atoms with Gasteiger partial charge >= 0.3 is 6.18 Å². The van der Waals surface area contributed by atoms with Gasteiger partial charge in [-0.3, -0.25) is 4.79 Å². The number of benzene rings is 1. The molecule has 1 N–H and O–H groups in total. The molecule has 2 aliphatic rings. The van der Waals surface area contributed by atoms with E-state index >= 15 is 0 Å². The summed E-state index contributed by atoms with van der Waals surface area (Å²) < 4.78 is 40.7. The molecule has 1 aromatic carbocycles. The summed E-state index contributed by atoms with van der Waals surface area (Å²) in [6, 6.07) is 7.97. The molecule has 3 atom stereocenters. The highest BCUT2D eigenvalue weighted by Crippen LogP contribution is 2.44. The number of rotatable bonds is 5. The van der Waals surface area contributed by atoms with Gasteiger partial charge in [0.2, 0.25) is 5.91 Å². The summed E-state index contributed by atoms with van der Waals surface area (Å²) in [5, 5.41) is 2.98. The summed E-state index contributed by atoms with van der Waals surface area (Å²) in [5.41, 5.74) is -0.286. The highest BCUT2D eigenvalue weighted by Gasteiger charge is 2.40. The Morgan fingerprint density at radius 1 is 1.17 bits per heavy atom. The average molecular weight is 486 g/mol. The number of halogens is 4. The number of carbonyl (C=O) groups is 1. The van der Waals surface area contributed by atoms with E-state index in [4.69, 9.17) is 0 Å². The molecular formula is C20H19BrF3N3OS. The molecule has 2 fully saturated rings. The van der Waals surface area contributed by atoms with Crippen molar-refractivity contribution in [3.05, 3.63) is 40.5 Å². The average Bonchev–Trinajstić information content (AvgIpc) is 3.29. The van der Waals surface area contributed by atoms with Gasteiger partial charge in [-0.2, -0.15) is 13.2 Å². The largest absolute Gasteiger partial charge is 0.433 e. The van der Waals surface area contributed by atoms with Crippen LogP contribution in [0.25, 0.3) is 11.3 Å². The minimum Gasteiger partial charge on any atom is -0.352 e. The van der Waals surface area contributed by atoms with E-state index in [0.717, 1.165) is 35.1 Å². The first kappa shape index (κ1) is 20.7. The standard InChI is InChI=1S/C20H19BrF3N3OS/c21-14-5-3-12(4-6-14)16-9-17(20(22,23)24)27-19(26-16)29-10-18(28)25-15-8-11-1-2-13(15)7-11/h3-6,9,11,13,15H,1-2,7-8,10H2,(H,25,28)/t11-,13-,15-/m0/s1. The lowest BCUT2D eigenvalue weighted by Crippen LogP contribution is -2.39. The zero-order valence-electron chi connectivity index (χ0n) is 15.4.